The molecule has 0 bridgehead atoms. The summed E-state index contributed by atoms with van der Waals surface area (Å²) in [4.78, 5) is 75.1. The highest BCUT2D eigenvalue weighted by Gasteiger charge is 2.32. The zero-order chi connectivity index (χ0) is 55.8. The first-order valence-corrected chi connectivity index (χ1v) is 25.1. The molecular formula is C52H66ClN9O12S. The number of ether oxygens (including phenoxy) is 6. The predicted molar refractivity (Wildman–Crippen MR) is 279 cm³/mol. The van der Waals surface area contributed by atoms with Crippen molar-refractivity contribution in [1.29, 1.82) is 10.5 Å². The number of nitrogens with one attached hydrogen (secondary N) is 4. The second-order valence-corrected chi connectivity index (χ2v) is 21.4. The van der Waals surface area contributed by atoms with E-state index in [4.69, 9.17) is 50.2 Å². The Morgan fingerprint density at radius 3 is 1.85 bits per heavy atom. The molecule has 21 nitrogen and oxygen atoms in total. The molecule has 0 saturated heterocycles. The van der Waals surface area contributed by atoms with E-state index in [0.717, 1.165) is 5.56 Å². The molecule has 2 aromatic carbocycles. The number of amides is 3. The Morgan fingerprint density at radius 2 is 1.29 bits per heavy atom. The van der Waals surface area contributed by atoms with Crippen LogP contribution in [0, 0.1) is 22.7 Å². The minimum absolute atomic E-state index is 0.0220. The third kappa shape index (κ3) is 19.7. The lowest BCUT2D eigenvalue weighted by Crippen LogP contribution is -2.54. The molecule has 4 aromatic rings. The van der Waals surface area contributed by atoms with Crippen molar-refractivity contribution in [3.8, 4) is 40.5 Å². The molecule has 0 radical (unpaired) electrons. The van der Waals surface area contributed by atoms with Crippen LogP contribution in [0.1, 0.15) is 93.0 Å². The Labute approximate surface area is 446 Å². The summed E-state index contributed by atoms with van der Waals surface area (Å²) in [5.41, 5.74) is 6.20. The number of halogens is 1. The number of carbonyl (C=O) groups is 5. The molecular weight excluding hydrogens is 1010 g/mol. The number of nitrogens with two attached hydrogens (primary N) is 1. The van der Waals surface area contributed by atoms with Crippen LogP contribution in [0.3, 0.4) is 0 Å². The van der Waals surface area contributed by atoms with Gasteiger partial charge in [-0.2, -0.15) is 10.5 Å². The third-order valence-electron chi connectivity index (χ3n) is 10.2. The number of thioether (sulfide) groups is 1. The SMILES string of the molecule is CNC(COC(C)(C)C)C(=O)NC(C)C(=O)OCC(COc1ccc(-c2c(C#N)c(N)nc(SCc3coc(-c4ccc(Cl)cc4)n3)c2C#N)cc1)OC(=O)C(C)NC(=O)C(COC(C)(C)C)NC(=O)OC(C)(C)C. The number of nitriles is 2. The number of hydrogen-bond acceptors (Lipinski definition) is 19. The van der Waals surface area contributed by atoms with Gasteiger partial charge < -0.3 is 59.8 Å². The number of alkyl carbamates (subject to hydrolysis) is 1. The molecule has 5 atom stereocenters. The van der Waals surface area contributed by atoms with Crippen molar-refractivity contribution in [3.63, 3.8) is 0 Å². The van der Waals surface area contributed by atoms with E-state index in [9.17, 15) is 34.5 Å². The smallest absolute Gasteiger partial charge is 0.408 e. The fourth-order valence-corrected chi connectivity index (χ4v) is 7.35. The number of aromatic nitrogens is 2. The van der Waals surface area contributed by atoms with Crippen LogP contribution < -0.4 is 31.7 Å². The lowest BCUT2D eigenvalue weighted by atomic mass is 9.97. The van der Waals surface area contributed by atoms with Crippen molar-refractivity contribution in [2.45, 2.75) is 134 Å². The van der Waals surface area contributed by atoms with E-state index >= 15 is 0 Å². The molecule has 404 valence electrons. The molecule has 0 aliphatic heterocycles. The first-order valence-electron chi connectivity index (χ1n) is 23.7. The number of nitrogen functional groups attached to an aromatic ring is 1. The van der Waals surface area contributed by atoms with E-state index in [0.29, 0.717) is 22.2 Å². The van der Waals surface area contributed by atoms with Gasteiger partial charge in [-0.15, -0.1) is 0 Å². The van der Waals surface area contributed by atoms with Crippen molar-refractivity contribution in [2.75, 3.05) is 39.2 Å². The van der Waals surface area contributed by atoms with E-state index in [1.807, 2.05) is 20.8 Å². The highest BCUT2D eigenvalue weighted by Crippen LogP contribution is 2.37. The summed E-state index contributed by atoms with van der Waals surface area (Å²) < 4.78 is 39.8. The number of carbonyl (C=O) groups excluding carboxylic acids is 5. The maximum absolute atomic E-state index is 13.7. The van der Waals surface area contributed by atoms with Crippen molar-refractivity contribution in [3.05, 3.63) is 76.6 Å². The zero-order valence-electron chi connectivity index (χ0n) is 44.2. The van der Waals surface area contributed by atoms with E-state index in [-0.39, 0.29) is 52.3 Å². The van der Waals surface area contributed by atoms with Gasteiger partial charge in [0, 0.05) is 21.9 Å². The molecule has 2 aromatic heterocycles. The van der Waals surface area contributed by atoms with Crippen molar-refractivity contribution in [2.24, 2.45) is 0 Å². The van der Waals surface area contributed by atoms with Gasteiger partial charge in [0.1, 0.15) is 83.5 Å². The number of esters is 2. The lowest BCUT2D eigenvalue weighted by molar-refractivity contribution is -0.163. The Morgan fingerprint density at radius 1 is 0.733 bits per heavy atom. The Bertz CT molecular complexity index is 2700. The zero-order valence-corrected chi connectivity index (χ0v) is 45.7. The molecule has 0 fully saturated rings. The summed E-state index contributed by atoms with van der Waals surface area (Å²) in [6.07, 6.45) is -0.693. The first-order chi connectivity index (χ1) is 35.1. The number of pyridine rings is 1. The molecule has 4 rings (SSSR count). The van der Waals surface area contributed by atoms with Gasteiger partial charge in [-0.05, 0) is 125 Å². The van der Waals surface area contributed by atoms with Gasteiger partial charge in [0.25, 0.3) is 0 Å². The van der Waals surface area contributed by atoms with Crippen LogP contribution in [-0.4, -0.2) is 120 Å². The monoisotopic (exact) mass is 1080 g/mol. The van der Waals surface area contributed by atoms with E-state index < -0.39 is 90.1 Å². The quantitative estimate of drug-likeness (QED) is 0.0296. The van der Waals surface area contributed by atoms with Gasteiger partial charge >= 0.3 is 18.0 Å². The lowest BCUT2D eigenvalue weighted by Gasteiger charge is -2.27. The Balaban J connectivity index is 1.54. The maximum atomic E-state index is 13.7. The van der Waals surface area contributed by atoms with Crippen molar-refractivity contribution < 1.29 is 56.8 Å². The van der Waals surface area contributed by atoms with Crippen LogP contribution in [0.4, 0.5) is 10.6 Å². The topological polar surface area (TPSA) is 301 Å². The molecule has 2 heterocycles. The summed E-state index contributed by atoms with van der Waals surface area (Å²) in [6.45, 7) is 17.4. The normalized spacial score (nSPS) is 13.6. The van der Waals surface area contributed by atoms with E-state index in [2.05, 4.69) is 43.4 Å². The minimum atomic E-state index is -1.32. The predicted octanol–water partition coefficient (Wildman–Crippen LogP) is 6.63. The molecule has 0 saturated carbocycles. The first kappa shape index (κ1) is 60.6. The second kappa shape index (κ2) is 27.0. The number of rotatable bonds is 23. The van der Waals surface area contributed by atoms with Crippen molar-refractivity contribution in [1.82, 2.24) is 31.2 Å². The average molecular weight is 1080 g/mol. The second-order valence-electron chi connectivity index (χ2n) is 20.0. The number of benzene rings is 2. The largest absolute Gasteiger partial charge is 0.490 e. The standard InChI is InChI=1S/C52H66ClN9O12S/c1-29(58-43(63)39(57-12)26-71-50(3,4)5)47(65)70-25-36(73-48(66)30(2)59-44(64)40(27-72-51(6,7)8)61-49(67)74-52(9,10)11)24-68-35-19-15-31(16-20-35)41-37(21-54)42(56)62-46(38(41)22-55)75-28-34-23-69-45(60-34)32-13-17-33(53)18-14-32/h13-20,23,29-30,36,39-40,57H,24-28H2,1-12H3,(H2,56,62)(H,58,63)(H,59,64)(H,61,67). The highest BCUT2D eigenvalue weighted by molar-refractivity contribution is 7.98. The van der Waals surface area contributed by atoms with Gasteiger partial charge in [0.2, 0.25) is 17.7 Å². The summed E-state index contributed by atoms with van der Waals surface area (Å²) in [5, 5.41) is 31.9. The van der Waals surface area contributed by atoms with Crippen LogP contribution in [0.5, 0.6) is 5.75 Å². The van der Waals surface area contributed by atoms with E-state index in [1.54, 1.807) is 97.1 Å². The van der Waals surface area contributed by atoms with Crippen LogP contribution >= 0.6 is 23.4 Å². The Kier molecular flexibility index (Phi) is 21.8. The van der Waals surface area contributed by atoms with Crippen molar-refractivity contribution >= 4 is 59.0 Å². The Hall–Kier alpha value is -6.95. The molecule has 0 aliphatic rings. The number of hydrogen-bond donors (Lipinski definition) is 5. The van der Waals surface area contributed by atoms with Gasteiger partial charge in [-0.1, -0.05) is 35.5 Å². The molecule has 75 heavy (non-hydrogen) atoms. The number of nitrogens with zero attached hydrogens (tertiary/aromatic N) is 4. The third-order valence-corrected chi connectivity index (χ3v) is 11.4. The molecule has 0 aliphatic carbocycles. The van der Waals surface area contributed by atoms with Gasteiger partial charge in [0.15, 0.2) is 6.10 Å². The summed E-state index contributed by atoms with van der Waals surface area (Å²) in [7, 11) is 1.58. The highest BCUT2D eigenvalue weighted by atomic mass is 35.5. The molecule has 23 heteroatoms. The summed E-state index contributed by atoms with van der Waals surface area (Å²) in [5.74, 6) is -2.38. The molecule has 5 unspecified atom stereocenters. The van der Waals surface area contributed by atoms with Crippen LogP contribution in [0.15, 0.2) is 64.2 Å². The molecule has 3 amide bonds. The van der Waals surface area contributed by atoms with Gasteiger partial charge in [-0.25, -0.2) is 24.4 Å². The maximum Gasteiger partial charge on any atom is 0.408 e. The van der Waals surface area contributed by atoms with Crippen LogP contribution in [0.25, 0.3) is 22.6 Å². The fraction of sp³-hybridized carbons (Fsp3) is 0.481. The van der Waals surface area contributed by atoms with Gasteiger partial charge in [-0.3, -0.25) is 9.59 Å². The van der Waals surface area contributed by atoms with E-state index in [1.165, 1.54) is 31.9 Å². The summed E-state index contributed by atoms with van der Waals surface area (Å²) >= 11 is 7.20. The number of oxazole rings is 1. The fourth-order valence-electron chi connectivity index (χ4n) is 6.36. The number of anilines is 1. The van der Waals surface area contributed by atoms with Crippen LogP contribution in [0.2, 0.25) is 5.02 Å². The van der Waals surface area contributed by atoms with Gasteiger partial charge in [0.05, 0.1) is 35.7 Å². The van der Waals surface area contributed by atoms with Crippen LogP contribution in [-0.2, 0) is 48.6 Å². The average Bonchev–Trinajstić information content (AvgIpc) is 3.81. The summed E-state index contributed by atoms with van der Waals surface area (Å²) in [6, 6.07) is 12.9. The molecule has 6 N–H and O–H groups in total. The molecule has 0 spiro atoms. The minimum Gasteiger partial charge on any atom is -0.490 e. The number of likely N-dealkylation sites (N-methyl/N-ethyl adjacent to an activating group) is 1.